The molecule has 1 saturated heterocycles. The van der Waals surface area contributed by atoms with Crippen molar-refractivity contribution in [3.63, 3.8) is 0 Å². The van der Waals surface area contributed by atoms with E-state index in [1.165, 1.54) is 11.3 Å². The molecule has 2 N–H and O–H groups in total. The first-order chi connectivity index (χ1) is 14.7. The molecule has 3 rings (SSSR count). The van der Waals surface area contributed by atoms with Crippen molar-refractivity contribution in [3.8, 4) is 0 Å². The fraction of sp³-hybridized carbons (Fsp3) is 0.417. The molecule has 1 atom stereocenters. The van der Waals surface area contributed by atoms with E-state index in [1.807, 2.05) is 36.1 Å². The summed E-state index contributed by atoms with van der Waals surface area (Å²) in [4.78, 5) is 21.5. The molecule has 30 heavy (non-hydrogen) atoms. The Morgan fingerprint density at radius 1 is 1.00 bits per heavy atom. The van der Waals surface area contributed by atoms with Gasteiger partial charge in [-0.1, -0.05) is 48.5 Å². The highest BCUT2D eigenvalue weighted by atomic mass is 16.2. The van der Waals surface area contributed by atoms with E-state index in [0.717, 1.165) is 38.7 Å². The number of nitrogens with one attached hydrogen (secondary N) is 2. The topological polar surface area (TPSA) is 60.0 Å². The smallest absolute Gasteiger partial charge is 0.224 e. The number of para-hydroxylation sites is 1. The summed E-state index contributed by atoms with van der Waals surface area (Å²) in [6, 6.07) is 20.8. The number of benzene rings is 2. The van der Waals surface area contributed by atoms with Crippen LogP contribution in [0.5, 0.6) is 0 Å². The summed E-state index contributed by atoms with van der Waals surface area (Å²) in [5, 5.41) is 6.69. The molecule has 0 spiro atoms. The number of carbonyl (C=O) groups is 1. The first kappa shape index (κ1) is 21.7. The number of rotatable bonds is 7. The van der Waals surface area contributed by atoms with Crippen molar-refractivity contribution in [1.29, 1.82) is 0 Å². The fourth-order valence-electron chi connectivity index (χ4n) is 3.62. The molecular formula is C24H33N5O. The molecule has 2 aromatic rings. The summed E-state index contributed by atoms with van der Waals surface area (Å²) in [6.45, 7) is 8.69. The molecule has 1 heterocycles. The zero-order valence-corrected chi connectivity index (χ0v) is 18.1. The van der Waals surface area contributed by atoms with E-state index in [2.05, 4.69) is 63.8 Å². The van der Waals surface area contributed by atoms with E-state index in [1.54, 1.807) is 0 Å². The summed E-state index contributed by atoms with van der Waals surface area (Å²) in [5.74, 6) is 0.925. The molecule has 1 unspecified atom stereocenters. The van der Waals surface area contributed by atoms with E-state index in [0.29, 0.717) is 13.0 Å². The third-order valence-corrected chi connectivity index (χ3v) is 5.35. The van der Waals surface area contributed by atoms with Crippen molar-refractivity contribution >= 4 is 17.6 Å². The van der Waals surface area contributed by atoms with Crippen LogP contribution in [0.15, 0.2) is 65.7 Å². The van der Waals surface area contributed by atoms with Crippen LogP contribution in [0.25, 0.3) is 0 Å². The zero-order valence-electron chi connectivity index (χ0n) is 18.1. The molecular weight excluding hydrogens is 374 g/mol. The lowest BCUT2D eigenvalue weighted by Crippen LogP contribution is -2.49. The summed E-state index contributed by atoms with van der Waals surface area (Å²) in [5.41, 5.74) is 2.43. The summed E-state index contributed by atoms with van der Waals surface area (Å²) in [6.07, 6.45) is 0.432. The third-order valence-electron chi connectivity index (χ3n) is 5.35. The molecule has 160 valence electrons. The number of nitrogens with zero attached hydrogens (tertiary/aromatic N) is 3. The molecule has 6 heteroatoms. The van der Waals surface area contributed by atoms with Gasteiger partial charge in [-0.15, -0.1) is 0 Å². The number of carbonyl (C=O) groups excluding carboxylic acids is 1. The predicted molar refractivity (Wildman–Crippen MR) is 124 cm³/mol. The average molecular weight is 408 g/mol. The van der Waals surface area contributed by atoms with Crippen molar-refractivity contribution in [1.82, 2.24) is 15.5 Å². The maximum atomic E-state index is 12.6. The molecule has 1 fully saturated rings. The summed E-state index contributed by atoms with van der Waals surface area (Å²) in [7, 11) is 0. The molecule has 0 radical (unpaired) electrons. The lowest BCUT2D eigenvalue weighted by Gasteiger charge is -2.36. The van der Waals surface area contributed by atoms with Crippen LogP contribution < -0.4 is 15.5 Å². The van der Waals surface area contributed by atoms with Crippen molar-refractivity contribution in [2.75, 3.05) is 44.2 Å². The first-order valence-electron chi connectivity index (χ1n) is 10.8. The van der Waals surface area contributed by atoms with E-state index < -0.39 is 0 Å². The van der Waals surface area contributed by atoms with Gasteiger partial charge >= 0.3 is 0 Å². The molecule has 1 aliphatic heterocycles. The normalized spacial score (nSPS) is 15.6. The number of piperazine rings is 1. The van der Waals surface area contributed by atoms with Gasteiger partial charge in [0, 0.05) is 44.8 Å². The predicted octanol–water partition coefficient (Wildman–Crippen LogP) is 3.04. The van der Waals surface area contributed by atoms with Crippen LogP contribution in [-0.2, 0) is 4.79 Å². The van der Waals surface area contributed by atoms with Crippen LogP contribution in [0, 0.1) is 0 Å². The van der Waals surface area contributed by atoms with Gasteiger partial charge in [0.15, 0.2) is 5.96 Å². The highest BCUT2D eigenvalue weighted by Gasteiger charge is 2.20. The van der Waals surface area contributed by atoms with Gasteiger partial charge in [0.05, 0.1) is 12.6 Å². The Kier molecular flexibility index (Phi) is 8.12. The van der Waals surface area contributed by atoms with Gasteiger partial charge in [0.2, 0.25) is 5.91 Å². The number of amides is 1. The minimum Gasteiger partial charge on any atom is -0.368 e. The van der Waals surface area contributed by atoms with Crippen LogP contribution >= 0.6 is 0 Å². The Hall–Kier alpha value is -3.02. The van der Waals surface area contributed by atoms with E-state index in [4.69, 9.17) is 0 Å². The standard InChI is InChI=1S/C24H33N5O/c1-3-25-24(27-20(2)21-10-6-4-7-11-21)26-15-14-23(30)29-18-16-28(17-19-29)22-12-8-5-9-13-22/h4-13,20H,3,14-19H2,1-2H3,(H2,25,26,27). The quantitative estimate of drug-likeness (QED) is 0.547. The van der Waals surface area contributed by atoms with Crippen molar-refractivity contribution in [2.45, 2.75) is 26.3 Å². The molecule has 2 aromatic carbocycles. The maximum Gasteiger partial charge on any atom is 0.224 e. The molecule has 0 bridgehead atoms. The van der Waals surface area contributed by atoms with E-state index >= 15 is 0 Å². The minimum absolute atomic E-state index is 0.144. The minimum atomic E-state index is 0.144. The highest BCUT2D eigenvalue weighted by molar-refractivity contribution is 5.81. The van der Waals surface area contributed by atoms with Gasteiger partial charge in [-0.25, -0.2) is 0 Å². The summed E-state index contributed by atoms with van der Waals surface area (Å²) < 4.78 is 0. The molecule has 0 aliphatic carbocycles. The Morgan fingerprint density at radius 2 is 1.63 bits per heavy atom. The Bertz CT molecular complexity index is 801. The second kappa shape index (κ2) is 11.2. The van der Waals surface area contributed by atoms with Crippen molar-refractivity contribution in [3.05, 3.63) is 66.2 Å². The lowest BCUT2D eigenvalue weighted by molar-refractivity contribution is -0.131. The van der Waals surface area contributed by atoms with Crippen LogP contribution in [0.2, 0.25) is 0 Å². The van der Waals surface area contributed by atoms with E-state index in [-0.39, 0.29) is 11.9 Å². The fourth-order valence-corrected chi connectivity index (χ4v) is 3.62. The van der Waals surface area contributed by atoms with Crippen LogP contribution in [0.4, 0.5) is 5.69 Å². The number of anilines is 1. The third kappa shape index (κ3) is 6.24. The number of guanidine groups is 1. The van der Waals surface area contributed by atoms with Crippen molar-refractivity contribution in [2.24, 2.45) is 4.99 Å². The number of aliphatic imine (C=N–C) groups is 1. The maximum absolute atomic E-state index is 12.6. The SMILES string of the molecule is CCNC(=NCCC(=O)N1CCN(c2ccccc2)CC1)NC(C)c1ccccc1. The molecule has 1 amide bonds. The van der Waals surface area contributed by atoms with Crippen LogP contribution in [-0.4, -0.2) is 56.0 Å². The molecule has 0 saturated carbocycles. The molecule has 0 aromatic heterocycles. The number of hydrogen-bond donors (Lipinski definition) is 2. The van der Waals surface area contributed by atoms with Crippen molar-refractivity contribution < 1.29 is 4.79 Å². The average Bonchev–Trinajstić information content (AvgIpc) is 2.80. The Morgan fingerprint density at radius 3 is 2.27 bits per heavy atom. The zero-order chi connectivity index (χ0) is 21.2. The summed E-state index contributed by atoms with van der Waals surface area (Å²) >= 11 is 0. The largest absolute Gasteiger partial charge is 0.368 e. The van der Waals surface area contributed by atoms with Gasteiger partial charge in [-0.05, 0) is 31.5 Å². The Labute approximate surface area is 180 Å². The number of hydrogen-bond acceptors (Lipinski definition) is 3. The Balaban J connectivity index is 1.46. The van der Waals surface area contributed by atoms with Gasteiger partial charge in [-0.2, -0.15) is 0 Å². The second-order valence-electron chi connectivity index (χ2n) is 7.49. The van der Waals surface area contributed by atoms with Gasteiger partial charge < -0.3 is 20.4 Å². The first-order valence-corrected chi connectivity index (χ1v) is 10.8. The highest BCUT2D eigenvalue weighted by Crippen LogP contribution is 2.16. The van der Waals surface area contributed by atoms with Gasteiger partial charge in [0.1, 0.15) is 0 Å². The van der Waals surface area contributed by atoms with Crippen LogP contribution in [0.3, 0.4) is 0 Å². The monoisotopic (exact) mass is 407 g/mol. The van der Waals surface area contributed by atoms with Gasteiger partial charge in [0.25, 0.3) is 0 Å². The van der Waals surface area contributed by atoms with Crippen LogP contribution in [0.1, 0.15) is 31.9 Å². The lowest BCUT2D eigenvalue weighted by atomic mass is 10.1. The molecule has 6 nitrogen and oxygen atoms in total. The second-order valence-corrected chi connectivity index (χ2v) is 7.49. The van der Waals surface area contributed by atoms with E-state index in [9.17, 15) is 4.79 Å². The molecule has 1 aliphatic rings. The van der Waals surface area contributed by atoms with Gasteiger partial charge in [-0.3, -0.25) is 9.79 Å².